The van der Waals surface area contributed by atoms with Crippen LogP contribution < -0.4 is 10.2 Å². The molecule has 0 amide bonds. The van der Waals surface area contributed by atoms with Crippen molar-refractivity contribution in [1.82, 2.24) is 5.32 Å². The van der Waals surface area contributed by atoms with Crippen LogP contribution in [0, 0.1) is 11.6 Å². The number of hydrogen-bond acceptors (Lipinski definition) is 3. The summed E-state index contributed by atoms with van der Waals surface area (Å²) in [6, 6.07) is 3.39. The van der Waals surface area contributed by atoms with Gasteiger partial charge in [0.2, 0.25) is 0 Å². The van der Waals surface area contributed by atoms with Gasteiger partial charge in [-0.3, -0.25) is 0 Å². The van der Waals surface area contributed by atoms with Gasteiger partial charge < -0.3 is 15.0 Å². The summed E-state index contributed by atoms with van der Waals surface area (Å²) < 4.78 is 34.3. The lowest BCUT2D eigenvalue weighted by Gasteiger charge is -2.38. The van der Waals surface area contributed by atoms with Crippen LogP contribution in [0.25, 0.3) is 0 Å². The molecule has 2 atom stereocenters. The van der Waals surface area contributed by atoms with Crippen LogP contribution in [0.1, 0.15) is 32.3 Å². The molecule has 3 nitrogen and oxygen atoms in total. The second kappa shape index (κ2) is 5.89. The van der Waals surface area contributed by atoms with Crippen molar-refractivity contribution < 1.29 is 13.5 Å². The highest BCUT2D eigenvalue weighted by Crippen LogP contribution is 2.29. The number of benzene rings is 1. The largest absolute Gasteiger partial charge is 0.375 e. The van der Waals surface area contributed by atoms with Crippen LogP contribution in [0.2, 0.25) is 0 Å². The Hall–Kier alpha value is -1.20. The van der Waals surface area contributed by atoms with Gasteiger partial charge in [0.05, 0.1) is 12.7 Å². The lowest BCUT2D eigenvalue weighted by Crippen LogP contribution is -2.48. The molecule has 3 rings (SSSR count). The standard InChI is InChI=1S/C16H22F2N2O/c1-10-9-21-11(2)8-20(10)16-14(17)5-12(6-15(16)18)7-19-13-3-4-13/h5-6,10-11,13,19H,3-4,7-9H2,1-2H3. The first-order valence-electron chi connectivity index (χ1n) is 7.64. The summed E-state index contributed by atoms with van der Waals surface area (Å²) in [6.45, 7) is 5.36. The molecular weight excluding hydrogens is 274 g/mol. The molecular formula is C16H22F2N2O. The summed E-state index contributed by atoms with van der Waals surface area (Å²) in [7, 11) is 0. The van der Waals surface area contributed by atoms with Crippen LogP contribution in [0.15, 0.2) is 12.1 Å². The van der Waals surface area contributed by atoms with Gasteiger partial charge in [0.15, 0.2) is 0 Å². The van der Waals surface area contributed by atoms with E-state index in [0.29, 0.717) is 31.3 Å². The first kappa shape index (κ1) is 14.7. The van der Waals surface area contributed by atoms with Crippen LogP contribution in [0.3, 0.4) is 0 Å². The molecule has 1 saturated heterocycles. The SMILES string of the molecule is CC1CN(c2c(F)cc(CNC3CC3)cc2F)C(C)CO1. The van der Waals surface area contributed by atoms with E-state index in [0.717, 1.165) is 12.8 Å². The third-order valence-corrected chi connectivity index (χ3v) is 4.14. The first-order chi connectivity index (χ1) is 10.0. The van der Waals surface area contributed by atoms with E-state index in [1.807, 2.05) is 13.8 Å². The predicted octanol–water partition coefficient (Wildman–Crippen LogP) is 2.83. The second-order valence-corrected chi connectivity index (χ2v) is 6.21. The monoisotopic (exact) mass is 296 g/mol. The predicted molar refractivity (Wildman–Crippen MR) is 78.4 cm³/mol. The minimum atomic E-state index is -0.483. The maximum absolute atomic E-state index is 14.4. The Balaban J connectivity index is 1.80. The van der Waals surface area contributed by atoms with Crippen LogP contribution in [-0.2, 0) is 11.3 Å². The van der Waals surface area contributed by atoms with Crippen molar-refractivity contribution >= 4 is 5.69 Å². The zero-order chi connectivity index (χ0) is 15.0. The Morgan fingerprint density at radius 3 is 2.52 bits per heavy atom. The summed E-state index contributed by atoms with van der Waals surface area (Å²) >= 11 is 0. The molecule has 0 radical (unpaired) electrons. The molecule has 116 valence electrons. The summed E-state index contributed by atoms with van der Waals surface area (Å²) in [6.07, 6.45) is 2.30. The molecule has 2 unspecified atom stereocenters. The Kier molecular flexibility index (Phi) is 4.13. The van der Waals surface area contributed by atoms with Crippen molar-refractivity contribution in [2.45, 2.75) is 51.4 Å². The average molecular weight is 296 g/mol. The Labute approximate surface area is 124 Å². The number of rotatable bonds is 4. The normalized spacial score (nSPS) is 26.2. The highest BCUT2D eigenvalue weighted by molar-refractivity contribution is 5.52. The van der Waals surface area contributed by atoms with Gasteiger partial charge >= 0.3 is 0 Å². The van der Waals surface area contributed by atoms with Gasteiger partial charge in [-0.05, 0) is 44.4 Å². The third kappa shape index (κ3) is 3.35. The molecule has 21 heavy (non-hydrogen) atoms. The fourth-order valence-electron chi connectivity index (χ4n) is 2.76. The van der Waals surface area contributed by atoms with E-state index in [2.05, 4.69) is 5.32 Å². The molecule has 1 aromatic carbocycles. The molecule has 2 fully saturated rings. The number of halogens is 2. The molecule has 0 spiro atoms. The number of nitrogens with one attached hydrogen (secondary N) is 1. The maximum Gasteiger partial charge on any atom is 0.149 e. The number of ether oxygens (including phenoxy) is 1. The second-order valence-electron chi connectivity index (χ2n) is 6.21. The Morgan fingerprint density at radius 1 is 1.24 bits per heavy atom. The van der Waals surface area contributed by atoms with E-state index in [1.54, 1.807) is 4.90 Å². The van der Waals surface area contributed by atoms with Crippen LogP contribution in [-0.4, -0.2) is 31.3 Å². The zero-order valence-electron chi connectivity index (χ0n) is 12.5. The number of anilines is 1. The number of nitrogens with zero attached hydrogens (tertiary/aromatic N) is 1. The van der Waals surface area contributed by atoms with Gasteiger partial charge in [0.1, 0.15) is 17.3 Å². The number of morpholine rings is 1. The summed E-state index contributed by atoms with van der Waals surface area (Å²) in [5.41, 5.74) is 0.738. The van der Waals surface area contributed by atoms with Gasteiger partial charge in [0.25, 0.3) is 0 Å². The first-order valence-corrected chi connectivity index (χ1v) is 7.64. The molecule has 5 heteroatoms. The molecule has 1 aromatic rings. The molecule has 1 aliphatic carbocycles. The minimum Gasteiger partial charge on any atom is -0.375 e. The molecule has 0 aromatic heterocycles. The van der Waals surface area contributed by atoms with Gasteiger partial charge in [-0.1, -0.05) is 0 Å². The molecule has 1 heterocycles. The van der Waals surface area contributed by atoms with Crippen molar-refractivity contribution in [3.05, 3.63) is 29.3 Å². The molecule has 1 N–H and O–H groups in total. The van der Waals surface area contributed by atoms with Gasteiger partial charge in [-0.15, -0.1) is 0 Å². The lowest BCUT2D eigenvalue weighted by molar-refractivity contribution is 0.0338. The van der Waals surface area contributed by atoms with E-state index in [-0.39, 0.29) is 17.8 Å². The quantitative estimate of drug-likeness (QED) is 0.924. The summed E-state index contributed by atoms with van der Waals surface area (Å²) in [5, 5.41) is 3.28. The van der Waals surface area contributed by atoms with Gasteiger partial charge in [0, 0.05) is 25.2 Å². The molecule has 1 aliphatic heterocycles. The van der Waals surface area contributed by atoms with E-state index in [9.17, 15) is 8.78 Å². The van der Waals surface area contributed by atoms with Crippen molar-refractivity contribution in [3.63, 3.8) is 0 Å². The fourth-order valence-corrected chi connectivity index (χ4v) is 2.76. The topological polar surface area (TPSA) is 24.5 Å². The van der Waals surface area contributed by atoms with Crippen molar-refractivity contribution in [1.29, 1.82) is 0 Å². The highest BCUT2D eigenvalue weighted by atomic mass is 19.1. The Morgan fingerprint density at radius 2 is 1.90 bits per heavy atom. The highest BCUT2D eigenvalue weighted by Gasteiger charge is 2.28. The van der Waals surface area contributed by atoms with Crippen LogP contribution in [0.4, 0.5) is 14.5 Å². The molecule has 0 bridgehead atoms. The average Bonchev–Trinajstić information content (AvgIpc) is 3.24. The summed E-state index contributed by atoms with van der Waals surface area (Å²) in [4.78, 5) is 1.77. The zero-order valence-corrected chi connectivity index (χ0v) is 12.5. The Bertz CT molecular complexity index is 496. The van der Waals surface area contributed by atoms with E-state index in [4.69, 9.17) is 4.74 Å². The summed E-state index contributed by atoms with van der Waals surface area (Å²) in [5.74, 6) is -0.966. The third-order valence-electron chi connectivity index (χ3n) is 4.14. The van der Waals surface area contributed by atoms with Crippen molar-refractivity contribution in [3.8, 4) is 0 Å². The number of hydrogen-bond donors (Lipinski definition) is 1. The van der Waals surface area contributed by atoms with Crippen molar-refractivity contribution in [2.75, 3.05) is 18.1 Å². The van der Waals surface area contributed by atoms with Crippen LogP contribution in [0.5, 0.6) is 0 Å². The smallest absolute Gasteiger partial charge is 0.149 e. The lowest BCUT2D eigenvalue weighted by atomic mass is 10.1. The van der Waals surface area contributed by atoms with Crippen LogP contribution >= 0.6 is 0 Å². The van der Waals surface area contributed by atoms with Gasteiger partial charge in [-0.2, -0.15) is 0 Å². The van der Waals surface area contributed by atoms with E-state index >= 15 is 0 Å². The minimum absolute atomic E-state index is 0.0174. The fraction of sp³-hybridized carbons (Fsp3) is 0.625. The molecule has 2 aliphatic rings. The van der Waals surface area contributed by atoms with E-state index in [1.165, 1.54) is 12.1 Å². The maximum atomic E-state index is 14.4. The molecule has 1 saturated carbocycles. The van der Waals surface area contributed by atoms with Crippen molar-refractivity contribution in [2.24, 2.45) is 0 Å². The van der Waals surface area contributed by atoms with E-state index < -0.39 is 11.6 Å². The van der Waals surface area contributed by atoms with Gasteiger partial charge in [-0.25, -0.2) is 8.78 Å².